The summed E-state index contributed by atoms with van der Waals surface area (Å²) in [6, 6.07) is 8.37. The van der Waals surface area contributed by atoms with Crippen LogP contribution in [0, 0.1) is 0 Å². The Morgan fingerprint density at radius 2 is 1.71 bits per heavy atom. The van der Waals surface area contributed by atoms with Gasteiger partial charge in [0.05, 0.1) is 0 Å². The molecule has 4 nitrogen and oxygen atoms in total. The average molecular weight is 290 g/mol. The summed E-state index contributed by atoms with van der Waals surface area (Å²) < 4.78 is 5.30. The normalized spacial score (nSPS) is 22.6. The maximum Gasteiger partial charge on any atom is 0.407 e. The van der Waals surface area contributed by atoms with Gasteiger partial charge in [0.2, 0.25) is 0 Å². The predicted molar refractivity (Wildman–Crippen MR) is 85.2 cm³/mol. The van der Waals surface area contributed by atoms with Gasteiger partial charge in [-0.05, 0) is 70.1 Å². The minimum atomic E-state index is -0.439. The molecule has 0 saturated heterocycles. The molecule has 1 aromatic rings. The fourth-order valence-corrected chi connectivity index (χ4v) is 2.81. The summed E-state index contributed by atoms with van der Waals surface area (Å²) in [6.45, 7) is 5.64. The van der Waals surface area contributed by atoms with Crippen LogP contribution in [0.25, 0.3) is 0 Å². The van der Waals surface area contributed by atoms with Crippen molar-refractivity contribution in [1.82, 2.24) is 5.32 Å². The van der Waals surface area contributed by atoms with Crippen molar-refractivity contribution >= 4 is 11.8 Å². The van der Waals surface area contributed by atoms with E-state index in [1.807, 2.05) is 32.9 Å². The van der Waals surface area contributed by atoms with Crippen LogP contribution in [0.3, 0.4) is 0 Å². The van der Waals surface area contributed by atoms with Gasteiger partial charge in [0, 0.05) is 11.7 Å². The standard InChI is InChI=1S/C17H26N2O2/c1-17(2,3)21-16(20)19-15-10-6-13(7-11-15)12-4-8-14(18)9-5-12/h4-5,8-9,13,15H,6-7,10-11,18H2,1-3H3,(H,19,20)/t13-,15-. The Balaban J connectivity index is 1.80. The lowest BCUT2D eigenvalue weighted by Crippen LogP contribution is -2.40. The van der Waals surface area contributed by atoms with Crippen molar-refractivity contribution in [2.24, 2.45) is 0 Å². The van der Waals surface area contributed by atoms with Gasteiger partial charge < -0.3 is 15.8 Å². The lowest BCUT2D eigenvalue weighted by Gasteiger charge is -2.30. The van der Waals surface area contributed by atoms with Gasteiger partial charge in [0.15, 0.2) is 0 Å². The Bertz CT molecular complexity index is 469. The van der Waals surface area contributed by atoms with Gasteiger partial charge >= 0.3 is 6.09 Å². The summed E-state index contributed by atoms with van der Waals surface area (Å²) in [4.78, 5) is 11.8. The van der Waals surface area contributed by atoms with Crippen molar-refractivity contribution in [2.45, 2.75) is 64.0 Å². The highest BCUT2D eigenvalue weighted by Crippen LogP contribution is 2.33. The fourth-order valence-electron chi connectivity index (χ4n) is 2.81. The third-order valence-electron chi connectivity index (χ3n) is 3.86. The highest BCUT2D eigenvalue weighted by Gasteiger charge is 2.25. The van der Waals surface area contributed by atoms with E-state index in [2.05, 4.69) is 17.4 Å². The van der Waals surface area contributed by atoms with E-state index in [4.69, 9.17) is 10.5 Å². The zero-order valence-electron chi connectivity index (χ0n) is 13.2. The number of ether oxygens (including phenoxy) is 1. The maximum atomic E-state index is 11.8. The van der Waals surface area contributed by atoms with Crippen LogP contribution < -0.4 is 11.1 Å². The smallest absolute Gasteiger partial charge is 0.407 e. The molecular formula is C17H26N2O2. The summed E-state index contributed by atoms with van der Waals surface area (Å²) >= 11 is 0. The molecule has 1 saturated carbocycles. The summed E-state index contributed by atoms with van der Waals surface area (Å²) in [5.41, 5.74) is 7.43. The number of nitrogens with two attached hydrogens (primary N) is 1. The molecule has 0 spiro atoms. The van der Waals surface area contributed by atoms with Gasteiger partial charge in [-0.15, -0.1) is 0 Å². The molecule has 1 aromatic carbocycles. The SMILES string of the molecule is CC(C)(C)OC(=O)N[C@H]1CC[C@H](c2ccc(N)cc2)CC1. The van der Waals surface area contributed by atoms with E-state index >= 15 is 0 Å². The molecule has 3 N–H and O–H groups in total. The first-order chi connectivity index (χ1) is 9.83. The molecule has 116 valence electrons. The van der Waals surface area contributed by atoms with Crippen LogP contribution in [-0.4, -0.2) is 17.7 Å². The van der Waals surface area contributed by atoms with Crippen LogP contribution >= 0.6 is 0 Å². The third-order valence-corrected chi connectivity index (χ3v) is 3.86. The summed E-state index contributed by atoms with van der Waals surface area (Å²) in [5.74, 6) is 0.572. The molecule has 0 atom stereocenters. The number of alkyl carbamates (subject to hydrolysis) is 1. The Morgan fingerprint density at radius 1 is 1.14 bits per heavy atom. The lowest BCUT2D eigenvalue weighted by atomic mass is 9.82. The Hall–Kier alpha value is -1.71. The highest BCUT2D eigenvalue weighted by molar-refractivity contribution is 5.68. The number of hydrogen-bond donors (Lipinski definition) is 2. The van der Waals surface area contributed by atoms with Gasteiger partial charge in [0.1, 0.15) is 5.60 Å². The maximum absolute atomic E-state index is 11.8. The largest absolute Gasteiger partial charge is 0.444 e. The van der Waals surface area contributed by atoms with E-state index in [1.165, 1.54) is 5.56 Å². The zero-order chi connectivity index (χ0) is 15.5. The number of rotatable bonds is 2. The zero-order valence-corrected chi connectivity index (χ0v) is 13.2. The minimum Gasteiger partial charge on any atom is -0.444 e. The predicted octanol–water partition coefficient (Wildman–Crippen LogP) is 3.82. The molecule has 1 fully saturated rings. The minimum absolute atomic E-state index is 0.227. The molecule has 21 heavy (non-hydrogen) atoms. The molecule has 4 heteroatoms. The van der Waals surface area contributed by atoms with Crippen LogP contribution in [0.5, 0.6) is 0 Å². The van der Waals surface area contributed by atoms with Crippen molar-refractivity contribution in [3.8, 4) is 0 Å². The van der Waals surface area contributed by atoms with Gasteiger partial charge in [0.25, 0.3) is 0 Å². The van der Waals surface area contributed by atoms with Gasteiger partial charge in [-0.25, -0.2) is 4.79 Å². The van der Waals surface area contributed by atoms with E-state index in [9.17, 15) is 4.79 Å². The second-order valence-electron chi connectivity index (χ2n) is 6.86. The van der Waals surface area contributed by atoms with Crippen LogP contribution in [0.15, 0.2) is 24.3 Å². The third kappa shape index (κ3) is 4.96. The molecule has 0 heterocycles. The van der Waals surface area contributed by atoms with Gasteiger partial charge in [-0.1, -0.05) is 12.1 Å². The molecule has 0 radical (unpaired) electrons. The van der Waals surface area contributed by atoms with Crippen LogP contribution in [0.4, 0.5) is 10.5 Å². The fraction of sp³-hybridized carbons (Fsp3) is 0.588. The highest BCUT2D eigenvalue weighted by atomic mass is 16.6. The summed E-state index contributed by atoms with van der Waals surface area (Å²) in [6.07, 6.45) is 3.86. The molecule has 1 aliphatic carbocycles. The van der Waals surface area contributed by atoms with Crippen LogP contribution in [0.2, 0.25) is 0 Å². The number of anilines is 1. The number of nitrogens with one attached hydrogen (secondary N) is 1. The number of hydrogen-bond acceptors (Lipinski definition) is 3. The first-order valence-corrected chi connectivity index (χ1v) is 7.68. The number of carbonyl (C=O) groups excluding carboxylic acids is 1. The van der Waals surface area contributed by atoms with Crippen molar-refractivity contribution in [3.05, 3.63) is 29.8 Å². The number of benzene rings is 1. The first-order valence-electron chi connectivity index (χ1n) is 7.68. The Morgan fingerprint density at radius 3 is 2.24 bits per heavy atom. The Labute approximate surface area is 127 Å². The summed E-state index contributed by atoms with van der Waals surface area (Å²) in [7, 11) is 0. The molecule has 1 amide bonds. The topological polar surface area (TPSA) is 64.3 Å². The van der Waals surface area contributed by atoms with Crippen molar-refractivity contribution in [3.63, 3.8) is 0 Å². The van der Waals surface area contributed by atoms with E-state index < -0.39 is 5.60 Å². The Kier molecular flexibility index (Phi) is 4.76. The van der Waals surface area contributed by atoms with E-state index in [0.717, 1.165) is 31.4 Å². The van der Waals surface area contributed by atoms with E-state index in [0.29, 0.717) is 5.92 Å². The number of carbonyl (C=O) groups is 1. The van der Waals surface area contributed by atoms with Crippen molar-refractivity contribution in [1.29, 1.82) is 0 Å². The quantitative estimate of drug-likeness (QED) is 0.814. The number of amides is 1. The summed E-state index contributed by atoms with van der Waals surface area (Å²) in [5, 5.41) is 2.98. The molecule has 0 aliphatic heterocycles. The second kappa shape index (κ2) is 6.37. The van der Waals surface area contributed by atoms with Gasteiger partial charge in [-0.2, -0.15) is 0 Å². The molecule has 0 unspecified atom stereocenters. The van der Waals surface area contributed by atoms with Crippen molar-refractivity contribution < 1.29 is 9.53 Å². The van der Waals surface area contributed by atoms with Crippen molar-refractivity contribution in [2.75, 3.05) is 5.73 Å². The monoisotopic (exact) mass is 290 g/mol. The second-order valence-corrected chi connectivity index (χ2v) is 6.86. The lowest BCUT2D eigenvalue weighted by molar-refractivity contribution is 0.0491. The molecule has 0 aromatic heterocycles. The molecule has 1 aliphatic rings. The van der Waals surface area contributed by atoms with Gasteiger partial charge in [-0.3, -0.25) is 0 Å². The molecular weight excluding hydrogens is 264 g/mol. The molecule has 2 rings (SSSR count). The number of nitrogen functional groups attached to an aromatic ring is 1. The molecule has 0 bridgehead atoms. The van der Waals surface area contributed by atoms with Crippen LogP contribution in [0.1, 0.15) is 57.9 Å². The first kappa shape index (κ1) is 15.7. The van der Waals surface area contributed by atoms with E-state index in [1.54, 1.807) is 0 Å². The van der Waals surface area contributed by atoms with E-state index in [-0.39, 0.29) is 12.1 Å². The average Bonchev–Trinajstić information content (AvgIpc) is 2.38. The van der Waals surface area contributed by atoms with Crippen LogP contribution in [-0.2, 0) is 4.74 Å².